The number of amides is 1. The maximum atomic E-state index is 11.8. The van der Waals surface area contributed by atoms with Gasteiger partial charge in [0.2, 0.25) is 0 Å². The van der Waals surface area contributed by atoms with E-state index in [1.165, 1.54) is 0 Å². The lowest BCUT2D eigenvalue weighted by molar-refractivity contribution is 0.0161. The Hall–Kier alpha value is -0.810. The maximum absolute atomic E-state index is 11.8. The highest BCUT2D eigenvalue weighted by Gasteiger charge is 2.35. The topological polar surface area (TPSA) is 44.8 Å². The summed E-state index contributed by atoms with van der Waals surface area (Å²) in [4.78, 5) is 16.0. The fraction of sp³-hybridized carbons (Fsp3) is 0.917. The number of ether oxygens (including phenoxy) is 1. The fourth-order valence-electron chi connectivity index (χ4n) is 2.60. The summed E-state index contributed by atoms with van der Waals surface area (Å²) in [6.45, 7) is 10.8. The van der Waals surface area contributed by atoms with Crippen LogP contribution in [0.3, 0.4) is 0 Å². The van der Waals surface area contributed by atoms with Crippen molar-refractivity contribution in [2.75, 3.05) is 45.9 Å². The molecule has 0 aromatic carbocycles. The minimum Gasteiger partial charge on any atom is -0.449 e. The van der Waals surface area contributed by atoms with Crippen molar-refractivity contribution in [3.63, 3.8) is 0 Å². The van der Waals surface area contributed by atoms with Gasteiger partial charge in [0, 0.05) is 39.3 Å². The zero-order valence-corrected chi connectivity index (χ0v) is 10.9. The van der Waals surface area contributed by atoms with E-state index < -0.39 is 0 Å². The Balaban J connectivity index is 1.93. The predicted molar refractivity (Wildman–Crippen MR) is 66.1 cm³/mol. The van der Waals surface area contributed by atoms with Crippen molar-refractivity contribution < 1.29 is 9.53 Å². The lowest BCUT2D eigenvalue weighted by Crippen LogP contribution is -2.58. The molecule has 17 heavy (non-hydrogen) atoms. The average Bonchev–Trinajstić information content (AvgIpc) is 2.30. The molecular weight excluding hydrogens is 218 g/mol. The fourth-order valence-corrected chi connectivity index (χ4v) is 2.60. The van der Waals surface area contributed by atoms with Gasteiger partial charge in [-0.15, -0.1) is 0 Å². The number of nitrogens with zero attached hydrogens (tertiary/aromatic N) is 2. The monoisotopic (exact) mass is 241 g/mol. The zero-order chi connectivity index (χ0) is 12.3. The summed E-state index contributed by atoms with van der Waals surface area (Å²) in [5.74, 6) is 0. The first-order valence-corrected chi connectivity index (χ1v) is 6.47. The number of rotatable bonds is 3. The van der Waals surface area contributed by atoms with E-state index in [1.807, 2.05) is 4.90 Å². The van der Waals surface area contributed by atoms with Gasteiger partial charge in [0.1, 0.15) is 0 Å². The Morgan fingerprint density at radius 3 is 2.65 bits per heavy atom. The second-order valence-corrected chi connectivity index (χ2v) is 5.46. The highest BCUT2D eigenvalue weighted by molar-refractivity contribution is 5.69. The van der Waals surface area contributed by atoms with Crippen molar-refractivity contribution in [1.82, 2.24) is 15.1 Å². The first-order chi connectivity index (χ1) is 8.09. The molecule has 0 atom stereocenters. The third-order valence-electron chi connectivity index (χ3n) is 3.52. The molecule has 5 heteroatoms. The van der Waals surface area contributed by atoms with E-state index >= 15 is 0 Å². The minimum absolute atomic E-state index is 0.144. The molecule has 1 N–H and O–H groups in total. The van der Waals surface area contributed by atoms with Crippen LogP contribution in [0.25, 0.3) is 0 Å². The van der Waals surface area contributed by atoms with Crippen molar-refractivity contribution in [3.05, 3.63) is 0 Å². The van der Waals surface area contributed by atoms with Crippen molar-refractivity contribution >= 4 is 6.09 Å². The Morgan fingerprint density at radius 1 is 1.29 bits per heavy atom. The summed E-state index contributed by atoms with van der Waals surface area (Å²) in [6.07, 6.45) is 0.785. The van der Waals surface area contributed by atoms with Gasteiger partial charge in [-0.05, 0) is 20.3 Å². The minimum atomic E-state index is -0.156. The molecule has 2 saturated heterocycles. The van der Waals surface area contributed by atoms with Crippen molar-refractivity contribution in [3.8, 4) is 0 Å². The summed E-state index contributed by atoms with van der Waals surface area (Å²) in [5, 5.41) is 3.34. The van der Waals surface area contributed by atoms with E-state index in [1.54, 1.807) is 0 Å². The molecule has 2 rings (SSSR count). The summed E-state index contributed by atoms with van der Waals surface area (Å²) in [6, 6.07) is 0. The Bertz CT molecular complexity index is 275. The molecule has 0 saturated carbocycles. The molecule has 0 aromatic heterocycles. The number of cyclic esters (lactones) is 1. The van der Waals surface area contributed by atoms with Gasteiger partial charge in [-0.2, -0.15) is 0 Å². The SMILES string of the molecule is CC(C)(CN1CCNCC1)N1CCCOC1=O. The molecule has 1 amide bonds. The van der Waals surface area contributed by atoms with E-state index in [-0.39, 0.29) is 11.6 Å². The number of carbonyl (C=O) groups excluding carboxylic acids is 1. The lowest BCUT2D eigenvalue weighted by Gasteiger charge is -2.43. The van der Waals surface area contributed by atoms with Crippen LogP contribution in [0.15, 0.2) is 0 Å². The van der Waals surface area contributed by atoms with Crippen LogP contribution >= 0.6 is 0 Å². The van der Waals surface area contributed by atoms with E-state index in [0.717, 1.165) is 45.7 Å². The van der Waals surface area contributed by atoms with Crippen molar-refractivity contribution in [2.45, 2.75) is 25.8 Å². The van der Waals surface area contributed by atoms with Crippen LogP contribution in [-0.4, -0.2) is 67.3 Å². The zero-order valence-electron chi connectivity index (χ0n) is 10.9. The molecule has 2 heterocycles. The van der Waals surface area contributed by atoms with Gasteiger partial charge >= 0.3 is 6.09 Å². The van der Waals surface area contributed by atoms with Gasteiger partial charge in [-0.1, -0.05) is 0 Å². The Kier molecular flexibility index (Phi) is 3.89. The third-order valence-corrected chi connectivity index (χ3v) is 3.52. The van der Waals surface area contributed by atoms with E-state index in [4.69, 9.17) is 4.74 Å². The highest BCUT2D eigenvalue weighted by atomic mass is 16.6. The summed E-state index contributed by atoms with van der Waals surface area (Å²) in [7, 11) is 0. The van der Waals surface area contributed by atoms with E-state index in [2.05, 4.69) is 24.1 Å². The lowest BCUT2D eigenvalue weighted by atomic mass is 10.0. The highest BCUT2D eigenvalue weighted by Crippen LogP contribution is 2.20. The van der Waals surface area contributed by atoms with Crippen LogP contribution in [0.5, 0.6) is 0 Å². The second-order valence-electron chi connectivity index (χ2n) is 5.46. The largest absolute Gasteiger partial charge is 0.449 e. The van der Waals surface area contributed by atoms with Gasteiger partial charge in [0.05, 0.1) is 12.1 Å². The molecule has 0 bridgehead atoms. The molecule has 2 aliphatic heterocycles. The summed E-state index contributed by atoms with van der Waals surface area (Å²) >= 11 is 0. The molecule has 2 aliphatic rings. The predicted octanol–water partition coefficient (Wildman–Crippen LogP) is 0.513. The molecule has 5 nitrogen and oxygen atoms in total. The van der Waals surface area contributed by atoms with Gasteiger partial charge in [0.15, 0.2) is 0 Å². The number of hydrogen-bond donors (Lipinski definition) is 1. The smallest absolute Gasteiger partial charge is 0.410 e. The number of carbonyl (C=O) groups is 1. The van der Waals surface area contributed by atoms with Crippen LogP contribution in [-0.2, 0) is 4.74 Å². The van der Waals surface area contributed by atoms with E-state index in [0.29, 0.717) is 6.61 Å². The molecule has 0 spiro atoms. The van der Waals surface area contributed by atoms with Gasteiger partial charge in [-0.3, -0.25) is 4.90 Å². The standard InChI is InChI=1S/C12H23N3O2/c1-12(2,10-14-7-4-13-5-8-14)15-6-3-9-17-11(15)16/h13H,3-10H2,1-2H3. The molecule has 0 aliphatic carbocycles. The van der Waals surface area contributed by atoms with Crippen molar-refractivity contribution in [2.24, 2.45) is 0 Å². The average molecular weight is 241 g/mol. The van der Waals surface area contributed by atoms with Crippen LogP contribution in [0.4, 0.5) is 4.79 Å². The molecular formula is C12H23N3O2. The quantitative estimate of drug-likeness (QED) is 0.782. The maximum Gasteiger partial charge on any atom is 0.410 e. The molecule has 98 valence electrons. The summed E-state index contributed by atoms with van der Waals surface area (Å²) < 4.78 is 5.12. The van der Waals surface area contributed by atoms with Crippen LogP contribution in [0.2, 0.25) is 0 Å². The molecule has 2 fully saturated rings. The molecule has 0 radical (unpaired) electrons. The van der Waals surface area contributed by atoms with Gasteiger partial charge in [0.25, 0.3) is 0 Å². The second kappa shape index (κ2) is 5.23. The molecule has 0 aromatic rings. The number of hydrogen-bond acceptors (Lipinski definition) is 4. The third kappa shape index (κ3) is 3.10. The van der Waals surface area contributed by atoms with Gasteiger partial charge in [-0.25, -0.2) is 4.79 Å². The normalized spacial score (nSPS) is 23.6. The molecule has 0 unspecified atom stereocenters. The Labute approximate surface area is 103 Å². The Morgan fingerprint density at radius 2 is 2.00 bits per heavy atom. The number of nitrogens with one attached hydrogen (secondary N) is 1. The van der Waals surface area contributed by atoms with Crippen molar-refractivity contribution in [1.29, 1.82) is 0 Å². The first-order valence-electron chi connectivity index (χ1n) is 6.47. The first kappa shape index (κ1) is 12.6. The van der Waals surface area contributed by atoms with Crippen LogP contribution < -0.4 is 5.32 Å². The number of piperazine rings is 1. The van der Waals surface area contributed by atoms with Gasteiger partial charge < -0.3 is 15.0 Å². The van der Waals surface area contributed by atoms with E-state index in [9.17, 15) is 4.79 Å². The van der Waals surface area contributed by atoms with Crippen LogP contribution in [0.1, 0.15) is 20.3 Å². The summed E-state index contributed by atoms with van der Waals surface area (Å²) in [5.41, 5.74) is -0.144. The van der Waals surface area contributed by atoms with Crippen LogP contribution in [0, 0.1) is 0 Å².